The van der Waals surface area contributed by atoms with Gasteiger partial charge in [-0.1, -0.05) is 29.8 Å². The Bertz CT molecular complexity index is 952. The first-order valence-corrected chi connectivity index (χ1v) is 8.90. The van der Waals surface area contributed by atoms with E-state index in [-0.39, 0.29) is 29.4 Å². The maximum atomic E-state index is 12.2. The van der Waals surface area contributed by atoms with Crippen LogP contribution in [-0.4, -0.2) is 27.9 Å². The van der Waals surface area contributed by atoms with Crippen LogP contribution < -0.4 is 16.6 Å². The molecule has 2 unspecified atom stereocenters. The van der Waals surface area contributed by atoms with Crippen LogP contribution in [0, 0.1) is 12.8 Å². The molecule has 140 valence electrons. The average Bonchev–Trinajstić information content (AvgIpc) is 3.42. The molecule has 2 atom stereocenters. The number of halogens is 1. The van der Waals surface area contributed by atoms with Crippen LogP contribution in [0.3, 0.4) is 0 Å². The summed E-state index contributed by atoms with van der Waals surface area (Å²) < 4.78 is 1.05. The number of carbonyl (C=O) groups is 1. The number of rotatable bonds is 6. The smallest absolute Gasteiger partial charge is 0.286 e. The number of amides is 1. The van der Waals surface area contributed by atoms with Crippen molar-refractivity contribution in [3.05, 3.63) is 69.2 Å². The highest BCUT2D eigenvalue weighted by molar-refractivity contribution is 6.31. The van der Waals surface area contributed by atoms with Crippen LogP contribution in [0.15, 0.2) is 58.1 Å². The molecule has 0 saturated heterocycles. The van der Waals surface area contributed by atoms with Gasteiger partial charge in [-0.2, -0.15) is 5.10 Å². The molecule has 27 heavy (non-hydrogen) atoms. The first-order valence-electron chi connectivity index (χ1n) is 8.52. The van der Waals surface area contributed by atoms with E-state index < -0.39 is 5.56 Å². The van der Waals surface area contributed by atoms with Crippen molar-refractivity contribution in [3.63, 3.8) is 0 Å². The van der Waals surface area contributed by atoms with Gasteiger partial charge in [0.25, 0.3) is 5.56 Å². The number of aromatic nitrogens is 2. The zero-order chi connectivity index (χ0) is 19.4. The van der Waals surface area contributed by atoms with Gasteiger partial charge in [0.1, 0.15) is 11.6 Å². The third-order valence-corrected chi connectivity index (χ3v) is 4.79. The standard InChI is InChI=1S/C19H20ClN5O2/c1-12-9-23-25(19(27)18(12)20)11-17(26)24-16-7-15(16)13(8-21)10-22-14-5-3-2-4-6-14/h2-6,8-10,15-16H,7,11,21H2,1H3,(H,24,26). The fourth-order valence-electron chi connectivity index (χ4n) is 2.70. The first kappa shape index (κ1) is 18.8. The van der Waals surface area contributed by atoms with Crippen LogP contribution in [0.25, 0.3) is 0 Å². The SMILES string of the molecule is Cc1cnn(CC(=O)NC2CC2C(C=Nc2ccccc2)=CN)c(=O)c1Cl. The Hall–Kier alpha value is -2.93. The van der Waals surface area contributed by atoms with E-state index in [1.807, 2.05) is 30.3 Å². The number of nitrogens with zero attached hydrogens (tertiary/aromatic N) is 3. The second-order valence-electron chi connectivity index (χ2n) is 6.38. The van der Waals surface area contributed by atoms with Gasteiger partial charge in [-0.15, -0.1) is 0 Å². The number of hydrogen-bond donors (Lipinski definition) is 2. The predicted molar refractivity (Wildman–Crippen MR) is 105 cm³/mol. The molecule has 1 saturated carbocycles. The van der Waals surface area contributed by atoms with E-state index in [1.54, 1.807) is 13.1 Å². The van der Waals surface area contributed by atoms with Gasteiger partial charge in [-0.3, -0.25) is 14.6 Å². The lowest BCUT2D eigenvalue weighted by atomic mass is 10.2. The van der Waals surface area contributed by atoms with E-state index in [0.717, 1.165) is 22.4 Å². The van der Waals surface area contributed by atoms with Crippen molar-refractivity contribution in [2.75, 3.05) is 0 Å². The van der Waals surface area contributed by atoms with E-state index in [4.69, 9.17) is 17.3 Å². The summed E-state index contributed by atoms with van der Waals surface area (Å²) >= 11 is 5.91. The molecule has 1 heterocycles. The Morgan fingerprint density at radius 2 is 2.19 bits per heavy atom. The second kappa shape index (κ2) is 8.18. The van der Waals surface area contributed by atoms with Gasteiger partial charge < -0.3 is 11.1 Å². The molecular weight excluding hydrogens is 366 g/mol. The molecule has 8 heteroatoms. The number of para-hydroxylation sites is 1. The van der Waals surface area contributed by atoms with Crippen molar-refractivity contribution in [2.24, 2.45) is 16.6 Å². The molecule has 1 fully saturated rings. The molecule has 0 spiro atoms. The molecule has 1 aromatic heterocycles. The highest BCUT2D eigenvalue weighted by atomic mass is 35.5. The maximum Gasteiger partial charge on any atom is 0.286 e. The molecule has 3 N–H and O–H groups in total. The van der Waals surface area contributed by atoms with Gasteiger partial charge >= 0.3 is 0 Å². The predicted octanol–water partition coefficient (Wildman–Crippen LogP) is 1.95. The van der Waals surface area contributed by atoms with Crippen molar-refractivity contribution < 1.29 is 4.79 Å². The molecule has 0 radical (unpaired) electrons. The van der Waals surface area contributed by atoms with Crippen molar-refractivity contribution >= 4 is 29.4 Å². The zero-order valence-corrected chi connectivity index (χ0v) is 15.6. The van der Waals surface area contributed by atoms with Crippen molar-refractivity contribution in [1.82, 2.24) is 15.1 Å². The fourth-order valence-corrected chi connectivity index (χ4v) is 2.84. The van der Waals surface area contributed by atoms with E-state index in [0.29, 0.717) is 5.56 Å². The van der Waals surface area contributed by atoms with E-state index in [9.17, 15) is 9.59 Å². The van der Waals surface area contributed by atoms with Crippen molar-refractivity contribution in [2.45, 2.75) is 25.9 Å². The topological polar surface area (TPSA) is 102 Å². The molecule has 1 aliphatic carbocycles. The average molecular weight is 386 g/mol. The van der Waals surface area contributed by atoms with Crippen LogP contribution in [0.2, 0.25) is 5.02 Å². The molecule has 0 aliphatic heterocycles. The Kier molecular flexibility index (Phi) is 5.71. The van der Waals surface area contributed by atoms with E-state index in [2.05, 4.69) is 15.4 Å². The fraction of sp³-hybridized carbons (Fsp3) is 0.263. The Balaban J connectivity index is 1.57. The van der Waals surface area contributed by atoms with Crippen LogP contribution >= 0.6 is 11.6 Å². The van der Waals surface area contributed by atoms with Gasteiger partial charge in [-0.05, 0) is 42.8 Å². The minimum atomic E-state index is -0.475. The van der Waals surface area contributed by atoms with Gasteiger partial charge in [-0.25, -0.2) is 4.68 Å². The summed E-state index contributed by atoms with van der Waals surface area (Å²) in [5, 5.41) is 6.91. The number of aryl methyl sites for hydroxylation is 1. The number of nitrogens with one attached hydrogen (secondary N) is 1. The minimum Gasteiger partial charge on any atom is -0.404 e. The maximum absolute atomic E-state index is 12.2. The Morgan fingerprint density at radius 1 is 1.44 bits per heavy atom. The molecular formula is C19H20ClN5O2. The normalized spacial score (nSPS) is 19.3. The number of aliphatic imine (C=N–C) groups is 1. The molecule has 3 rings (SSSR count). The quantitative estimate of drug-likeness (QED) is 0.742. The number of benzene rings is 1. The van der Waals surface area contributed by atoms with Gasteiger partial charge in [0.15, 0.2) is 0 Å². The molecule has 1 aromatic carbocycles. The van der Waals surface area contributed by atoms with Crippen LogP contribution in [0.1, 0.15) is 12.0 Å². The largest absolute Gasteiger partial charge is 0.404 e. The van der Waals surface area contributed by atoms with Crippen LogP contribution in [0.4, 0.5) is 5.69 Å². The lowest BCUT2D eigenvalue weighted by Gasteiger charge is -2.07. The third kappa shape index (κ3) is 4.62. The molecule has 1 amide bonds. The summed E-state index contributed by atoms with van der Waals surface area (Å²) in [6, 6.07) is 9.50. The summed E-state index contributed by atoms with van der Waals surface area (Å²) in [4.78, 5) is 28.6. The minimum absolute atomic E-state index is 0.0360. The zero-order valence-electron chi connectivity index (χ0n) is 14.8. The lowest BCUT2D eigenvalue weighted by Crippen LogP contribution is -2.35. The van der Waals surface area contributed by atoms with Crippen LogP contribution in [-0.2, 0) is 11.3 Å². The highest BCUT2D eigenvalue weighted by Crippen LogP contribution is 2.36. The monoisotopic (exact) mass is 385 g/mol. The lowest BCUT2D eigenvalue weighted by molar-refractivity contribution is -0.122. The number of nitrogens with two attached hydrogens (primary N) is 1. The summed E-state index contributed by atoms with van der Waals surface area (Å²) in [6.07, 6.45) is 5.46. The Morgan fingerprint density at radius 3 is 2.89 bits per heavy atom. The van der Waals surface area contributed by atoms with Crippen LogP contribution in [0.5, 0.6) is 0 Å². The summed E-state index contributed by atoms with van der Waals surface area (Å²) in [6.45, 7) is 1.51. The van der Waals surface area contributed by atoms with Gasteiger partial charge in [0.05, 0.1) is 11.9 Å². The van der Waals surface area contributed by atoms with Gasteiger partial charge in [0, 0.05) is 18.2 Å². The third-order valence-electron chi connectivity index (χ3n) is 4.33. The first-order chi connectivity index (χ1) is 13.0. The van der Waals surface area contributed by atoms with E-state index in [1.165, 1.54) is 12.4 Å². The summed E-state index contributed by atoms with van der Waals surface area (Å²) in [5.74, 6) is -0.189. The highest BCUT2D eigenvalue weighted by Gasteiger charge is 2.40. The van der Waals surface area contributed by atoms with E-state index >= 15 is 0 Å². The molecule has 2 aromatic rings. The summed E-state index contributed by atoms with van der Waals surface area (Å²) in [7, 11) is 0. The number of hydrogen-bond acceptors (Lipinski definition) is 5. The molecule has 1 aliphatic rings. The molecule has 7 nitrogen and oxygen atoms in total. The van der Waals surface area contributed by atoms with Crippen molar-refractivity contribution in [3.8, 4) is 0 Å². The second-order valence-corrected chi connectivity index (χ2v) is 6.76. The van der Waals surface area contributed by atoms with Gasteiger partial charge in [0.2, 0.25) is 5.91 Å². The number of carbonyl (C=O) groups excluding carboxylic acids is 1. The summed E-state index contributed by atoms with van der Waals surface area (Å²) in [5.41, 5.74) is 7.51. The Labute approximate surface area is 161 Å². The van der Waals surface area contributed by atoms with Crippen molar-refractivity contribution in [1.29, 1.82) is 0 Å². The molecule has 0 bridgehead atoms.